The van der Waals surface area contributed by atoms with Crippen LogP contribution in [0, 0.1) is 0 Å². The third-order valence-electron chi connectivity index (χ3n) is 5.64. The van der Waals surface area contributed by atoms with Crippen molar-refractivity contribution in [2.24, 2.45) is 0 Å². The summed E-state index contributed by atoms with van der Waals surface area (Å²) < 4.78 is 5.14. The molecule has 0 unspecified atom stereocenters. The molecule has 3 amide bonds. The zero-order chi connectivity index (χ0) is 21.1. The first-order valence-corrected chi connectivity index (χ1v) is 10.2. The molecule has 0 radical (unpaired) electrons. The van der Waals surface area contributed by atoms with Crippen molar-refractivity contribution in [3.8, 4) is 5.75 Å². The van der Waals surface area contributed by atoms with E-state index < -0.39 is 0 Å². The van der Waals surface area contributed by atoms with E-state index >= 15 is 0 Å². The maximum atomic E-state index is 12.8. The Hall–Kier alpha value is -2.90. The van der Waals surface area contributed by atoms with Crippen molar-refractivity contribution in [1.82, 2.24) is 15.1 Å². The van der Waals surface area contributed by atoms with Crippen molar-refractivity contribution in [1.29, 1.82) is 0 Å². The Balaban J connectivity index is 0.00000272. The predicted octanol–water partition coefficient (Wildman–Crippen LogP) is 2.74. The largest absolute Gasteiger partial charge is 0.497 e. The van der Waals surface area contributed by atoms with Crippen LogP contribution >= 0.6 is 12.4 Å². The van der Waals surface area contributed by atoms with Crippen LogP contribution in [0.1, 0.15) is 49.5 Å². The molecule has 164 valence electrons. The summed E-state index contributed by atoms with van der Waals surface area (Å²) in [7, 11) is 1.58. The number of nitrogens with zero attached hydrogens (tertiary/aromatic N) is 2. The summed E-state index contributed by atoms with van der Waals surface area (Å²) >= 11 is 0. The molecule has 1 saturated heterocycles. The molecule has 0 aliphatic carbocycles. The molecule has 2 aromatic rings. The number of carbonyl (C=O) groups excluding carboxylic acids is 3. The number of halogens is 1. The van der Waals surface area contributed by atoms with Gasteiger partial charge in [-0.25, -0.2) is 0 Å². The number of imide groups is 1. The van der Waals surface area contributed by atoms with Gasteiger partial charge in [-0.1, -0.05) is 12.1 Å². The molecule has 2 aromatic carbocycles. The van der Waals surface area contributed by atoms with Gasteiger partial charge in [-0.05, 0) is 61.8 Å². The normalized spacial score (nSPS) is 15.6. The predicted molar refractivity (Wildman–Crippen MR) is 119 cm³/mol. The molecule has 1 N–H and O–H groups in total. The Morgan fingerprint density at radius 1 is 1.00 bits per heavy atom. The van der Waals surface area contributed by atoms with E-state index in [4.69, 9.17) is 4.74 Å². The topological polar surface area (TPSA) is 79.0 Å². The molecule has 4 rings (SSSR count). The second-order valence-electron chi connectivity index (χ2n) is 7.61. The number of nitrogens with one attached hydrogen (secondary N) is 1. The number of rotatable bonds is 7. The fourth-order valence-corrected chi connectivity index (χ4v) is 3.92. The molecule has 2 aliphatic rings. The molecular formula is C23H26ClN3O4. The summed E-state index contributed by atoms with van der Waals surface area (Å²) in [6.45, 7) is 3.72. The Kier molecular flexibility index (Phi) is 7.30. The summed E-state index contributed by atoms with van der Waals surface area (Å²) in [6, 6.07) is 11.9. The van der Waals surface area contributed by atoms with Gasteiger partial charge in [0.1, 0.15) is 5.75 Å². The highest BCUT2D eigenvalue weighted by molar-refractivity contribution is 6.22. The summed E-state index contributed by atoms with van der Waals surface area (Å²) in [4.78, 5) is 41.6. The van der Waals surface area contributed by atoms with E-state index in [1.807, 2.05) is 12.1 Å². The highest BCUT2D eigenvalue weighted by atomic mass is 35.5. The molecule has 0 spiro atoms. The zero-order valence-electron chi connectivity index (χ0n) is 17.4. The SMILES string of the molecule is COc1ccc(CN2C(=O)c3ccc(C(=O)NCCN4CCCC4)cc3C2=O)cc1.Cl. The standard InChI is InChI=1S/C23H25N3O4.ClH/c1-30-18-7-4-16(5-8-18)15-26-22(28)19-9-6-17(14-20(19)23(26)29)21(27)24-10-13-25-11-2-3-12-25;/h4-9,14H,2-3,10-13,15H2,1H3,(H,24,27);1H. The van der Waals surface area contributed by atoms with E-state index in [0.717, 1.165) is 25.2 Å². The van der Waals surface area contributed by atoms with Gasteiger partial charge in [-0.2, -0.15) is 0 Å². The number of amides is 3. The smallest absolute Gasteiger partial charge is 0.261 e. The molecule has 2 aliphatic heterocycles. The molecule has 0 bridgehead atoms. The Bertz CT molecular complexity index is 971. The quantitative estimate of drug-likeness (QED) is 0.666. The average molecular weight is 444 g/mol. The van der Waals surface area contributed by atoms with Gasteiger partial charge in [0.25, 0.3) is 17.7 Å². The number of benzene rings is 2. The highest BCUT2D eigenvalue weighted by Gasteiger charge is 2.36. The molecule has 1 fully saturated rings. The van der Waals surface area contributed by atoms with Crippen molar-refractivity contribution in [2.75, 3.05) is 33.3 Å². The van der Waals surface area contributed by atoms with Crippen LogP contribution in [0.3, 0.4) is 0 Å². The first-order valence-electron chi connectivity index (χ1n) is 10.2. The van der Waals surface area contributed by atoms with Crippen molar-refractivity contribution in [3.05, 3.63) is 64.7 Å². The van der Waals surface area contributed by atoms with Crippen LogP contribution in [0.25, 0.3) is 0 Å². The van der Waals surface area contributed by atoms with Gasteiger partial charge in [0, 0.05) is 18.7 Å². The number of hydrogen-bond acceptors (Lipinski definition) is 5. The van der Waals surface area contributed by atoms with Crippen molar-refractivity contribution < 1.29 is 19.1 Å². The minimum atomic E-state index is -0.377. The fraction of sp³-hybridized carbons (Fsp3) is 0.348. The summed E-state index contributed by atoms with van der Waals surface area (Å²) in [5, 5.41) is 2.90. The first-order chi connectivity index (χ1) is 14.6. The second kappa shape index (κ2) is 9.94. The Morgan fingerprint density at radius 2 is 1.68 bits per heavy atom. The van der Waals surface area contributed by atoms with Gasteiger partial charge in [0.05, 0.1) is 24.8 Å². The van der Waals surface area contributed by atoms with Gasteiger partial charge in [-0.15, -0.1) is 12.4 Å². The van der Waals surface area contributed by atoms with Crippen molar-refractivity contribution >= 4 is 30.1 Å². The summed E-state index contributed by atoms with van der Waals surface area (Å²) in [6.07, 6.45) is 2.42. The van der Waals surface area contributed by atoms with Gasteiger partial charge in [-0.3, -0.25) is 19.3 Å². The van der Waals surface area contributed by atoms with Gasteiger partial charge < -0.3 is 15.0 Å². The minimum absolute atomic E-state index is 0. The Morgan fingerprint density at radius 3 is 2.35 bits per heavy atom. The average Bonchev–Trinajstić information content (AvgIpc) is 3.37. The van der Waals surface area contributed by atoms with Crippen molar-refractivity contribution in [3.63, 3.8) is 0 Å². The molecule has 0 saturated carbocycles. The van der Waals surface area contributed by atoms with E-state index in [-0.39, 0.29) is 42.2 Å². The molecule has 2 heterocycles. The van der Waals surface area contributed by atoms with Crippen molar-refractivity contribution in [2.45, 2.75) is 19.4 Å². The van der Waals surface area contributed by atoms with E-state index in [1.54, 1.807) is 31.4 Å². The summed E-state index contributed by atoms with van der Waals surface area (Å²) in [5.41, 5.74) is 1.83. The third-order valence-corrected chi connectivity index (χ3v) is 5.64. The molecular weight excluding hydrogens is 418 g/mol. The lowest BCUT2D eigenvalue weighted by molar-refractivity contribution is 0.0642. The van der Waals surface area contributed by atoms with Gasteiger partial charge in [0.2, 0.25) is 0 Å². The van der Waals surface area contributed by atoms with E-state index in [1.165, 1.54) is 23.8 Å². The lowest BCUT2D eigenvalue weighted by Crippen LogP contribution is -2.33. The van der Waals surface area contributed by atoms with E-state index in [9.17, 15) is 14.4 Å². The minimum Gasteiger partial charge on any atom is -0.497 e. The molecule has 8 heteroatoms. The molecule has 31 heavy (non-hydrogen) atoms. The maximum Gasteiger partial charge on any atom is 0.261 e. The maximum absolute atomic E-state index is 12.8. The van der Waals surface area contributed by atoms with Gasteiger partial charge >= 0.3 is 0 Å². The number of carbonyl (C=O) groups is 3. The fourth-order valence-electron chi connectivity index (χ4n) is 3.92. The molecule has 0 atom stereocenters. The van der Waals surface area contributed by atoms with Crippen LogP contribution in [-0.2, 0) is 6.54 Å². The molecule has 0 aromatic heterocycles. The van der Waals surface area contributed by atoms with Crippen LogP contribution in [0.4, 0.5) is 0 Å². The molecule has 7 nitrogen and oxygen atoms in total. The number of ether oxygens (including phenoxy) is 1. The van der Waals surface area contributed by atoms with Crippen LogP contribution in [0.15, 0.2) is 42.5 Å². The van der Waals surface area contributed by atoms with Crippen LogP contribution in [0.2, 0.25) is 0 Å². The second-order valence-corrected chi connectivity index (χ2v) is 7.61. The highest BCUT2D eigenvalue weighted by Crippen LogP contribution is 2.26. The number of methoxy groups -OCH3 is 1. The number of fused-ring (bicyclic) bond motifs is 1. The first kappa shape index (κ1) is 22.8. The van der Waals surface area contributed by atoms with E-state index in [0.29, 0.717) is 23.4 Å². The lowest BCUT2D eigenvalue weighted by Gasteiger charge is -2.14. The van der Waals surface area contributed by atoms with Crippen LogP contribution < -0.4 is 10.1 Å². The van der Waals surface area contributed by atoms with Crippen LogP contribution in [0.5, 0.6) is 5.75 Å². The summed E-state index contributed by atoms with van der Waals surface area (Å²) in [5.74, 6) is -0.239. The number of hydrogen-bond donors (Lipinski definition) is 1. The van der Waals surface area contributed by atoms with Crippen LogP contribution in [-0.4, -0.2) is 60.8 Å². The Labute approximate surface area is 187 Å². The lowest BCUT2D eigenvalue weighted by atomic mass is 10.1. The zero-order valence-corrected chi connectivity index (χ0v) is 18.2. The number of likely N-dealkylation sites (tertiary alicyclic amines) is 1. The monoisotopic (exact) mass is 443 g/mol. The third kappa shape index (κ3) is 4.89. The van der Waals surface area contributed by atoms with E-state index in [2.05, 4.69) is 10.2 Å². The van der Waals surface area contributed by atoms with Gasteiger partial charge in [0.15, 0.2) is 0 Å².